The van der Waals surface area contributed by atoms with E-state index in [2.05, 4.69) is 15.3 Å². The van der Waals surface area contributed by atoms with Gasteiger partial charge in [-0.1, -0.05) is 0 Å². The minimum absolute atomic E-state index is 0.208. The summed E-state index contributed by atoms with van der Waals surface area (Å²) in [5.74, 6) is -0.832. The van der Waals surface area contributed by atoms with Crippen LogP contribution >= 0.6 is 11.3 Å². The predicted octanol–water partition coefficient (Wildman–Crippen LogP) is 2.55. The highest BCUT2D eigenvalue weighted by Gasteiger charge is 2.13. The number of aromatic nitrogens is 2. The Kier molecular flexibility index (Phi) is 3.14. The van der Waals surface area contributed by atoms with E-state index in [1.54, 1.807) is 13.1 Å². The molecule has 6 heteroatoms. The van der Waals surface area contributed by atoms with Crippen molar-refractivity contribution < 1.29 is 9.18 Å². The smallest absolute Gasteiger partial charge is 0.276 e. The van der Waals surface area contributed by atoms with Gasteiger partial charge in [0.05, 0.1) is 6.20 Å². The maximum atomic E-state index is 12.8. The lowest BCUT2D eigenvalue weighted by molar-refractivity contribution is 0.102. The van der Waals surface area contributed by atoms with Gasteiger partial charge in [-0.2, -0.15) is 0 Å². The number of carbonyl (C=O) groups is 1. The Balaban J connectivity index is 2.20. The highest BCUT2D eigenvalue weighted by molar-refractivity contribution is 7.15. The van der Waals surface area contributed by atoms with Crippen molar-refractivity contribution in [2.24, 2.45) is 0 Å². The predicted molar refractivity (Wildman–Crippen MR) is 63.7 cm³/mol. The average molecular weight is 251 g/mol. The molecule has 0 aliphatic carbocycles. The highest BCUT2D eigenvalue weighted by Crippen LogP contribution is 2.17. The maximum absolute atomic E-state index is 12.8. The van der Waals surface area contributed by atoms with Crippen LogP contribution in [-0.4, -0.2) is 15.9 Å². The van der Waals surface area contributed by atoms with E-state index >= 15 is 0 Å². The van der Waals surface area contributed by atoms with Crippen molar-refractivity contribution in [3.8, 4) is 0 Å². The van der Waals surface area contributed by atoms with Crippen molar-refractivity contribution in [2.75, 3.05) is 5.32 Å². The molecule has 2 aromatic rings. The molecule has 0 aromatic carbocycles. The first-order valence-corrected chi connectivity index (χ1v) is 5.74. The number of thiazole rings is 1. The second-order valence-electron chi connectivity index (χ2n) is 3.55. The molecule has 1 N–H and O–H groups in total. The van der Waals surface area contributed by atoms with Crippen LogP contribution in [0.25, 0.3) is 0 Å². The fourth-order valence-electron chi connectivity index (χ4n) is 1.35. The Morgan fingerprint density at radius 1 is 1.35 bits per heavy atom. The van der Waals surface area contributed by atoms with Gasteiger partial charge in [0.25, 0.3) is 5.91 Å². The van der Waals surface area contributed by atoms with E-state index in [0.717, 1.165) is 11.1 Å². The molecule has 0 fully saturated rings. The van der Waals surface area contributed by atoms with Crippen molar-refractivity contribution in [2.45, 2.75) is 13.8 Å². The van der Waals surface area contributed by atoms with Crippen LogP contribution in [0.4, 0.5) is 9.52 Å². The number of nitrogens with one attached hydrogen (secondary N) is 1. The molecule has 0 saturated carbocycles. The summed E-state index contributed by atoms with van der Waals surface area (Å²) >= 11 is 1.37. The van der Waals surface area contributed by atoms with Gasteiger partial charge in [0, 0.05) is 11.1 Å². The highest BCUT2D eigenvalue weighted by atomic mass is 32.1. The molecule has 88 valence electrons. The van der Waals surface area contributed by atoms with Crippen LogP contribution in [-0.2, 0) is 0 Å². The summed E-state index contributed by atoms with van der Waals surface area (Å²) in [7, 11) is 0. The van der Waals surface area contributed by atoms with Crippen molar-refractivity contribution >= 4 is 22.4 Å². The van der Waals surface area contributed by atoms with Gasteiger partial charge in [-0.3, -0.25) is 10.1 Å². The summed E-state index contributed by atoms with van der Waals surface area (Å²) in [6.07, 6.45) is 2.69. The third-order valence-electron chi connectivity index (χ3n) is 2.10. The number of carbonyl (C=O) groups excluding carboxylic acids is 1. The second-order valence-corrected chi connectivity index (χ2v) is 4.78. The number of hydrogen-bond donors (Lipinski definition) is 1. The first kappa shape index (κ1) is 11.7. The molecule has 4 nitrogen and oxygen atoms in total. The third kappa shape index (κ3) is 2.65. The van der Waals surface area contributed by atoms with Crippen molar-refractivity contribution in [1.82, 2.24) is 9.97 Å². The standard InChI is InChI=1S/C11H10FN3OS/c1-6-3-8(12)5-13-9(6)10(16)15-11-14-4-7(2)17-11/h3-5H,1-2H3,(H,14,15,16). The van der Waals surface area contributed by atoms with E-state index in [9.17, 15) is 9.18 Å². The van der Waals surface area contributed by atoms with E-state index in [-0.39, 0.29) is 11.6 Å². The zero-order valence-corrected chi connectivity index (χ0v) is 10.1. The molecule has 0 aliphatic rings. The quantitative estimate of drug-likeness (QED) is 0.892. The lowest BCUT2D eigenvalue weighted by Gasteiger charge is -2.03. The Hall–Kier alpha value is -1.82. The fourth-order valence-corrected chi connectivity index (χ4v) is 2.01. The molecule has 0 radical (unpaired) electrons. The molecule has 17 heavy (non-hydrogen) atoms. The molecule has 1 amide bonds. The Bertz CT molecular complexity index is 568. The number of anilines is 1. The summed E-state index contributed by atoms with van der Waals surface area (Å²) in [4.78, 5) is 20.6. The number of hydrogen-bond acceptors (Lipinski definition) is 4. The van der Waals surface area contributed by atoms with Crippen LogP contribution in [0.2, 0.25) is 0 Å². The first-order chi connectivity index (χ1) is 8.06. The van der Waals surface area contributed by atoms with Crippen LogP contribution in [0.5, 0.6) is 0 Å². The topological polar surface area (TPSA) is 54.9 Å². The normalized spacial score (nSPS) is 10.3. The van der Waals surface area contributed by atoms with E-state index in [4.69, 9.17) is 0 Å². The lowest BCUT2D eigenvalue weighted by atomic mass is 10.2. The second kappa shape index (κ2) is 4.58. The molecule has 0 bridgehead atoms. The lowest BCUT2D eigenvalue weighted by Crippen LogP contribution is -2.15. The van der Waals surface area contributed by atoms with Gasteiger partial charge in [-0.25, -0.2) is 14.4 Å². The molecule has 0 unspecified atom stereocenters. The van der Waals surface area contributed by atoms with Gasteiger partial charge >= 0.3 is 0 Å². The molecule has 2 aromatic heterocycles. The Labute approximate surface area is 102 Å². The SMILES string of the molecule is Cc1cnc(NC(=O)c2ncc(F)cc2C)s1. The van der Waals surface area contributed by atoms with Gasteiger partial charge in [-0.15, -0.1) is 11.3 Å². The fraction of sp³-hybridized carbons (Fsp3) is 0.182. The van der Waals surface area contributed by atoms with Crippen molar-refractivity contribution in [3.63, 3.8) is 0 Å². The largest absolute Gasteiger partial charge is 0.296 e. The molecule has 0 spiro atoms. The van der Waals surface area contributed by atoms with E-state index in [1.807, 2.05) is 6.92 Å². The van der Waals surface area contributed by atoms with Crippen LogP contribution in [0.15, 0.2) is 18.5 Å². The van der Waals surface area contributed by atoms with E-state index < -0.39 is 5.82 Å². The number of nitrogens with zero attached hydrogens (tertiary/aromatic N) is 2. The molecule has 2 heterocycles. The zero-order chi connectivity index (χ0) is 12.4. The zero-order valence-electron chi connectivity index (χ0n) is 9.32. The summed E-state index contributed by atoms with van der Waals surface area (Å²) in [6.45, 7) is 3.53. The monoisotopic (exact) mass is 251 g/mol. The van der Waals surface area contributed by atoms with Gasteiger partial charge < -0.3 is 0 Å². The summed E-state index contributed by atoms with van der Waals surface area (Å²) in [6, 6.07) is 1.27. The molecular weight excluding hydrogens is 241 g/mol. The summed E-state index contributed by atoms with van der Waals surface area (Å²) < 4.78 is 12.8. The number of rotatable bonds is 2. The van der Waals surface area contributed by atoms with Crippen molar-refractivity contribution in [1.29, 1.82) is 0 Å². The molecule has 2 rings (SSSR count). The van der Waals surface area contributed by atoms with Gasteiger partial charge in [0.15, 0.2) is 5.13 Å². The van der Waals surface area contributed by atoms with E-state index in [0.29, 0.717) is 10.7 Å². The summed E-state index contributed by atoms with van der Waals surface area (Å²) in [5.41, 5.74) is 0.704. The van der Waals surface area contributed by atoms with Crippen LogP contribution in [0, 0.1) is 19.7 Å². The first-order valence-electron chi connectivity index (χ1n) is 4.92. The van der Waals surface area contributed by atoms with Gasteiger partial charge in [-0.05, 0) is 25.5 Å². The summed E-state index contributed by atoms with van der Waals surface area (Å²) in [5, 5.41) is 3.13. The van der Waals surface area contributed by atoms with Crippen LogP contribution < -0.4 is 5.32 Å². The maximum Gasteiger partial charge on any atom is 0.276 e. The third-order valence-corrected chi connectivity index (χ3v) is 2.93. The molecule has 0 aliphatic heterocycles. The number of pyridine rings is 1. The van der Waals surface area contributed by atoms with Crippen LogP contribution in [0.3, 0.4) is 0 Å². The Morgan fingerprint density at radius 3 is 2.71 bits per heavy atom. The van der Waals surface area contributed by atoms with Gasteiger partial charge in [0.1, 0.15) is 11.5 Å². The van der Waals surface area contributed by atoms with Crippen LogP contribution in [0.1, 0.15) is 20.9 Å². The van der Waals surface area contributed by atoms with E-state index in [1.165, 1.54) is 17.4 Å². The molecule has 0 atom stereocenters. The minimum atomic E-state index is -0.454. The number of halogens is 1. The molecular formula is C11H10FN3OS. The number of amides is 1. The van der Waals surface area contributed by atoms with Gasteiger partial charge in [0.2, 0.25) is 0 Å². The Morgan fingerprint density at radius 2 is 2.12 bits per heavy atom. The minimum Gasteiger partial charge on any atom is -0.296 e. The number of aryl methyl sites for hydroxylation is 2. The average Bonchev–Trinajstić information content (AvgIpc) is 2.63. The molecule has 0 saturated heterocycles. The van der Waals surface area contributed by atoms with Crippen molar-refractivity contribution in [3.05, 3.63) is 40.4 Å².